The zero-order valence-corrected chi connectivity index (χ0v) is 13.3. The Bertz CT molecular complexity index is 644. The standard InChI is InChI=1S/C16H21N3OS/c1-16(2,19-8-6-17-7-9-19)15(20)18-13-3-4-14-12(11-13)5-10-21-14/h3-5,10-11,17H,6-9H2,1-2H3,(H,18,20). The normalized spacial score (nSPS) is 17.0. The van der Waals surface area contributed by atoms with Crippen LogP contribution in [0.25, 0.3) is 10.1 Å². The monoisotopic (exact) mass is 303 g/mol. The molecule has 1 aromatic carbocycles. The highest BCUT2D eigenvalue weighted by atomic mass is 32.1. The Morgan fingerprint density at radius 3 is 2.81 bits per heavy atom. The van der Waals surface area contributed by atoms with Gasteiger partial charge in [-0.3, -0.25) is 9.69 Å². The second-order valence-corrected chi connectivity index (χ2v) is 6.87. The number of fused-ring (bicyclic) bond motifs is 1. The number of carbonyl (C=O) groups is 1. The second-order valence-electron chi connectivity index (χ2n) is 5.92. The summed E-state index contributed by atoms with van der Waals surface area (Å²) >= 11 is 1.72. The van der Waals surface area contributed by atoms with Crippen molar-refractivity contribution < 1.29 is 4.79 Å². The third-order valence-corrected chi connectivity index (χ3v) is 5.07. The molecule has 0 unspecified atom stereocenters. The lowest BCUT2D eigenvalue weighted by Gasteiger charge is -2.39. The van der Waals surface area contributed by atoms with Gasteiger partial charge in [0.15, 0.2) is 0 Å². The molecular weight excluding hydrogens is 282 g/mol. The highest BCUT2D eigenvalue weighted by Gasteiger charge is 2.35. The van der Waals surface area contributed by atoms with E-state index in [2.05, 4.69) is 33.0 Å². The highest BCUT2D eigenvalue weighted by molar-refractivity contribution is 7.17. The Morgan fingerprint density at radius 2 is 2.05 bits per heavy atom. The van der Waals surface area contributed by atoms with Crippen LogP contribution in [-0.4, -0.2) is 42.5 Å². The number of piperazine rings is 1. The van der Waals surface area contributed by atoms with Gasteiger partial charge in [0.1, 0.15) is 0 Å². The smallest absolute Gasteiger partial charge is 0.244 e. The van der Waals surface area contributed by atoms with Crippen LogP contribution in [0, 0.1) is 0 Å². The van der Waals surface area contributed by atoms with Gasteiger partial charge in [0.05, 0.1) is 5.54 Å². The molecular formula is C16H21N3OS. The van der Waals surface area contributed by atoms with E-state index >= 15 is 0 Å². The van der Waals surface area contributed by atoms with Crippen LogP contribution in [0.1, 0.15) is 13.8 Å². The van der Waals surface area contributed by atoms with Crippen molar-refractivity contribution >= 4 is 33.0 Å². The van der Waals surface area contributed by atoms with E-state index in [0.29, 0.717) is 0 Å². The molecule has 0 radical (unpaired) electrons. The minimum absolute atomic E-state index is 0.0546. The first-order valence-electron chi connectivity index (χ1n) is 7.32. The van der Waals surface area contributed by atoms with Crippen molar-refractivity contribution in [3.8, 4) is 0 Å². The maximum atomic E-state index is 12.6. The fraction of sp³-hybridized carbons (Fsp3) is 0.438. The summed E-state index contributed by atoms with van der Waals surface area (Å²) in [4.78, 5) is 14.9. The topological polar surface area (TPSA) is 44.4 Å². The van der Waals surface area contributed by atoms with Gasteiger partial charge in [0.2, 0.25) is 5.91 Å². The number of hydrogen-bond donors (Lipinski definition) is 2. The SMILES string of the molecule is CC(C)(C(=O)Nc1ccc2sccc2c1)N1CCNCC1. The summed E-state index contributed by atoms with van der Waals surface area (Å²) < 4.78 is 1.24. The van der Waals surface area contributed by atoms with Gasteiger partial charge in [-0.05, 0) is 48.9 Å². The maximum Gasteiger partial charge on any atom is 0.244 e. The van der Waals surface area contributed by atoms with Crippen LogP contribution < -0.4 is 10.6 Å². The zero-order chi connectivity index (χ0) is 14.9. The molecule has 1 fully saturated rings. The molecule has 1 saturated heterocycles. The Morgan fingerprint density at radius 1 is 1.29 bits per heavy atom. The number of carbonyl (C=O) groups excluding carboxylic acids is 1. The van der Waals surface area contributed by atoms with E-state index in [1.54, 1.807) is 11.3 Å². The lowest BCUT2D eigenvalue weighted by molar-refractivity contribution is -0.126. The molecule has 2 N–H and O–H groups in total. The average Bonchev–Trinajstić information content (AvgIpc) is 2.95. The molecule has 0 bridgehead atoms. The molecule has 0 saturated carbocycles. The van der Waals surface area contributed by atoms with E-state index in [-0.39, 0.29) is 5.91 Å². The number of benzene rings is 1. The summed E-state index contributed by atoms with van der Waals surface area (Å²) in [6, 6.07) is 8.16. The van der Waals surface area contributed by atoms with Gasteiger partial charge in [-0.25, -0.2) is 0 Å². The summed E-state index contributed by atoms with van der Waals surface area (Å²) in [5.41, 5.74) is 0.375. The van der Waals surface area contributed by atoms with E-state index in [0.717, 1.165) is 31.9 Å². The van der Waals surface area contributed by atoms with Gasteiger partial charge in [-0.2, -0.15) is 0 Å². The minimum Gasteiger partial charge on any atom is -0.324 e. The number of nitrogens with one attached hydrogen (secondary N) is 2. The molecule has 1 aliphatic rings. The predicted molar refractivity (Wildman–Crippen MR) is 89.0 cm³/mol. The van der Waals surface area contributed by atoms with Crippen LogP contribution in [0.15, 0.2) is 29.6 Å². The number of anilines is 1. The molecule has 112 valence electrons. The maximum absolute atomic E-state index is 12.6. The molecule has 2 heterocycles. The van der Waals surface area contributed by atoms with Crippen LogP contribution in [-0.2, 0) is 4.79 Å². The molecule has 0 atom stereocenters. The Hall–Kier alpha value is -1.43. The Labute approximate surface area is 129 Å². The van der Waals surface area contributed by atoms with Crippen molar-refractivity contribution in [2.24, 2.45) is 0 Å². The molecule has 0 spiro atoms. The lowest BCUT2D eigenvalue weighted by Crippen LogP contribution is -2.58. The first-order valence-corrected chi connectivity index (χ1v) is 8.20. The largest absolute Gasteiger partial charge is 0.324 e. The number of rotatable bonds is 3. The molecule has 1 aliphatic heterocycles. The molecule has 1 aromatic heterocycles. The van der Waals surface area contributed by atoms with Crippen molar-refractivity contribution in [1.82, 2.24) is 10.2 Å². The van der Waals surface area contributed by atoms with Gasteiger partial charge in [-0.1, -0.05) is 0 Å². The van der Waals surface area contributed by atoms with Crippen LogP contribution in [0.4, 0.5) is 5.69 Å². The molecule has 0 aliphatic carbocycles. The van der Waals surface area contributed by atoms with Crippen LogP contribution in [0.2, 0.25) is 0 Å². The molecule has 3 rings (SSSR count). The Kier molecular flexibility index (Phi) is 3.97. The fourth-order valence-electron chi connectivity index (χ4n) is 2.70. The van der Waals surface area contributed by atoms with Crippen LogP contribution >= 0.6 is 11.3 Å². The van der Waals surface area contributed by atoms with E-state index < -0.39 is 5.54 Å². The van der Waals surface area contributed by atoms with E-state index in [9.17, 15) is 4.79 Å². The molecule has 1 amide bonds. The third-order valence-electron chi connectivity index (χ3n) is 4.17. The summed E-state index contributed by atoms with van der Waals surface area (Å²) in [6.07, 6.45) is 0. The highest BCUT2D eigenvalue weighted by Crippen LogP contribution is 2.25. The van der Waals surface area contributed by atoms with Gasteiger partial charge < -0.3 is 10.6 Å². The summed E-state index contributed by atoms with van der Waals surface area (Å²) in [6.45, 7) is 7.69. The lowest BCUT2D eigenvalue weighted by atomic mass is 10.00. The van der Waals surface area contributed by atoms with E-state index in [4.69, 9.17) is 0 Å². The first-order chi connectivity index (χ1) is 10.1. The fourth-order valence-corrected chi connectivity index (χ4v) is 3.47. The van der Waals surface area contributed by atoms with Gasteiger partial charge in [0, 0.05) is 36.6 Å². The van der Waals surface area contributed by atoms with Crippen LogP contribution in [0.5, 0.6) is 0 Å². The van der Waals surface area contributed by atoms with Crippen molar-refractivity contribution in [2.45, 2.75) is 19.4 Å². The van der Waals surface area contributed by atoms with Crippen molar-refractivity contribution in [1.29, 1.82) is 0 Å². The van der Waals surface area contributed by atoms with E-state index in [1.807, 2.05) is 26.0 Å². The number of thiophene rings is 1. The number of hydrogen-bond acceptors (Lipinski definition) is 4. The van der Waals surface area contributed by atoms with Gasteiger partial charge in [0.25, 0.3) is 0 Å². The third kappa shape index (κ3) is 2.95. The first kappa shape index (κ1) is 14.5. The zero-order valence-electron chi connectivity index (χ0n) is 12.5. The van der Waals surface area contributed by atoms with Gasteiger partial charge >= 0.3 is 0 Å². The summed E-state index contributed by atoms with van der Waals surface area (Å²) in [7, 11) is 0. The molecule has 21 heavy (non-hydrogen) atoms. The number of nitrogens with zero attached hydrogens (tertiary/aromatic N) is 1. The summed E-state index contributed by atoms with van der Waals surface area (Å²) in [5.74, 6) is 0.0546. The quantitative estimate of drug-likeness (QED) is 0.916. The summed E-state index contributed by atoms with van der Waals surface area (Å²) in [5, 5.41) is 9.63. The molecule has 5 heteroatoms. The van der Waals surface area contributed by atoms with Gasteiger partial charge in [-0.15, -0.1) is 11.3 Å². The van der Waals surface area contributed by atoms with Crippen molar-refractivity contribution in [3.63, 3.8) is 0 Å². The predicted octanol–water partition coefficient (Wildman–Crippen LogP) is 2.52. The number of amides is 1. The van der Waals surface area contributed by atoms with Crippen molar-refractivity contribution in [3.05, 3.63) is 29.6 Å². The second kappa shape index (κ2) is 5.75. The van der Waals surface area contributed by atoms with E-state index in [1.165, 1.54) is 10.1 Å². The Balaban J connectivity index is 1.74. The molecule has 2 aromatic rings. The molecule has 4 nitrogen and oxygen atoms in total. The van der Waals surface area contributed by atoms with Crippen LogP contribution in [0.3, 0.4) is 0 Å². The minimum atomic E-state index is -0.494. The average molecular weight is 303 g/mol. The van der Waals surface area contributed by atoms with Crippen molar-refractivity contribution in [2.75, 3.05) is 31.5 Å².